The fourth-order valence-electron chi connectivity index (χ4n) is 6.94. The van der Waals surface area contributed by atoms with Gasteiger partial charge in [0, 0.05) is 6.54 Å². The van der Waals surface area contributed by atoms with Crippen LogP contribution in [0.1, 0.15) is 113 Å². The molecular formula is C31H53N3O6. The molecule has 0 aromatic rings. The second-order valence-electron chi connectivity index (χ2n) is 14.6. The highest BCUT2D eigenvalue weighted by atomic mass is 16.6. The molecule has 9 heteroatoms. The predicted molar refractivity (Wildman–Crippen MR) is 153 cm³/mol. The Bertz CT molecular complexity index is 940. The smallest absolute Gasteiger partial charge is 0.408 e. The quantitative estimate of drug-likeness (QED) is 0.459. The largest absolute Gasteiger partial charge is 0.467 e. The van der Waals surface area contributed by atoms with Crippen LogP contribution in [0.4, 0.5) is 4.79 Å². The summed E-state index contributed by atoms with van der Waals surface area (Å²) in [5, 5.41) is 5.86. The van der Waals surface area contributed by atoms with Crippen LogP contribution in [0.2, 0.25) is 0 Å². The van der Waals surface area contributed by atoms with Gasteiger partial charge < -0.3 is 25.0 Å². The van der Waals surface area contributed by atoms with Crippen LogP contribution in [0.3, 0.4) is 0 Å². The second-order valence-corrected chi connectivity index (χ2v) is 14.6. The molecule has 0 aromatic carbocycles. The fraction of sp³-hybridized carbons (Fsp3) is 0.871. The highest BCUT2D eigenvalue weighted by Crippen LogP contribution is 2.57. The Morgan fingerprint density at radius 2 is 1.55 bits per heavy atom. The van der Waals surface area contributed by atoms with E-state index in [-0.39, 0.29) is 29.1 Å². The summed E-state index contributed by atoms with van der Waals surface area (Å²) in [5.41, 5.74) is -1.27. The number of esters is 1. The first-order valence-electron chi connectivity index (χ1n) is 15.3. The number of methoxy groups -OCH3 is 1. The van der Waals surface area contributed by atoms with Crippen LogP contribution in [0, 0.1) is 22.7 Å². The van der Waals surface area contributed by atoms with Crippen LogP contribution in [0.25, 0.3) is 0 Å². The standard InChI is InChI=1S/C31H53N3O6/c1-29(2,3)40-28(38)33-24-26(36)34-19-21-20(18-31(21,6)7)23(34)25(35)32-22(27(37)39-8)16-14-12-10-9-11-13-15-17-30(24,4)5/h20-24H,9-19H2,1-8H3,(H,32,35)(H,33,38)/t20-,21?,22-,23-,24?/m0/s1. The molecule has 1 saturated carbocycles. The monoisotopic (exact) mass is 563 g/mol. The van der Waals surface area contributed by atoms with Crippen molar-refractivity contribution in [2.45, 2.75) is 136 Å². The average Bonchev–Trinajstić information content (AvgIpc) is 3.18. The van der Waals surface area contributed by atoms with Crippen LogP contribution in [0.15, 0.2) is 0 Å². The van der Waals surface area contributed by atoms with Crippen molar-refractivity contribution >= 4 is 23.9 Å². The molecule has 9 nitrogen and oxygen atoms in total. The van der Waals surface area contributed by atoms with E-state index in [1.807, 2.05) is 13.8 Å². The normalized spacial score (nSPS) is 31.5. The summed E-state index contributed by atoms with van der Waals surface area (Å²) in [6.45, 7) is 14.2. The summed E-state index contributed by atoms with van der Waals surface area (Å²) >= 11 is 0. The van der Waals surface area contributed by atoms with E-state index < -0.39 is 41.2 Å². The van der Waals surface area contributed by atoms with E-state index in [0.717, 1.165) is 57.8 Å². The van der Waals surface area contributed by atoms with Gasteiger partial charge in [-0.05, 0) is 62.7 Å². The topological polar surface area (TPSA) is 114 Å². The molecule has 3 fully saturated rings. The first-order chi connectivity index (χ1) is 18.6. The second kappa shape index (κ2) is 12.7. The van der Waals surface area contributed by atoms with Crippen molar-refractivity contribution in [3.05, 3.63) is 0 Å². The van der Waals surface area contributed by atoms with Crippen molar-refractivity contribution in [1.29, 1.82) is 0 Å². The first-order valence-corrected chi connectivity index (χ1v) is 15.3. The first kappa shape index (κ1) is 32.2. The summed E-state index contributed by atoms with van der Waals surface area (Å²) in [6, 6.07) is -2.30. The van der Waals surface area contributed by atoms with Gasteiger partial charge in [0.2, 0.25) is 11.8 Å². The molecule has 40 heavy (non-hydrogen) atoms. The highest BCUT2D eigenvalue weighted by Gasteiger charge is 2.61. The molecule has 2 N–H and O–H groups in total. The number of hydrogen-bond donors (Lipinski definition) is 2. The summed E-state index contributed by atoms with van der Waals surface area (Å²) in [5.74, 6) is -0.868. The Balaban J connectivity index is 1.97. The summed E-state index contributed by atoms with van der Waals surface area (Å²) in [4.78, 5) is 55.6. The van der Waals surface area contributed by atoms with Crippen molar-refractivity contribution in [3.8, 4) is 0 Å². The lowest BCUT2D eigenvalue weighted by Crippen LogP contribution is -2.60. The van der Waals surface area contributed by atoms with Crippen LogP contribution in [-0.4, -0.2) is 66.2 Å². The Hall–Kier alpha value is -2.32. The van der Waals surface area contributed by atoms with Gasteiger partial charge in [0.1, 0.15) is 23.7 Å². The van der Waals surface area contributed by atoms with Crippen LogP contribution in [0.5, 0.6) is 0 Å². The van der Waals surface area contributed by atoms with Gasteiger partial charge in [-0.1, -0.05) is 72.6 Å². The van der Waals surface area contributed by atoms with Gasteiger partial charge >= 0.3 is 12.1 Å². The highest BCUT2D eigenvalue weighted by molar-refractivity contribution is 5.94. The molecule has 1 aliphatic carbocycles. The van der Waals surface area contributed by atoms with Gasteiger partial charge in [0.05, 0.1) is 7.11 Å². The Morgan fingerprint density at radius 3 is 2.12 bits per heavy atom. The third-order valence-corrected chi connectivity index (χ3v) is 9.27. The maximum atomic E-state index is 14.4. The number of rotatable bonds is 2. The number of nitrogens with zero attached hydrogens (tertiary/aromatic N) is 1. The lowest BCUT2D eigenvalue weighted by atomic mass is 9.55. The number of ether oxygens (including phenoxy) is 2. The molecule has 5 atom stereocenters. The van der Waals surface area contributed by atoms with Gasteiger partial charge in [0.25, 0.3) is 0 Å². The van der Waals surface area contributed by atoms with Crippen molar-refractivity contribution in [3.63, 3.8) is 0 Å². The molecule has 2 unspecified atom stereocenters. The fourth-order valence-corrected chi connectivity index (χ4v) is 6.94. The van der Waals surface area contributed by atoms with Crippen LogP contribution in [-0.2, 0) is 23.9 Å². The zero-order valence-corrected chi connectivity index (χ0v) is 26.1. The zero-order valence-electron chi connectivity index (χ0n) is 26.1. The lowest BCUT2D eigenvalue weighted by Gasteiger charge is -2.48. The van der Waals surface area contributed by atoms with E-state index in [4.69, 9.17) is 9.47 Å². The third-order valence-electron chi connectivity index (χ3n) is 9.27. The van der Waals surface area contributed by atoms with Gasteiger partial charge in [-0.25, -0.2) is 9.59 Å². The number of fused-ring (bicyclic) bond motifs is 3. The number of hydrogen-bond acceptors (Lipinski definition) is 6. The predicted octanol–water partition coefficient (Wildman–Crippen LogP) is 4.96. The summed E-state index contributed by atoms with van der Waals surface area (Å²) < 4.78 is 10.6. The van der Waals surface area contributed by atoms with E-state index in [1.54, 1.807) is 25.7 Å². The van der Waals surface area contributed by atoms with E-state index in [9.17, 15) is 19.2 Å². The van der Waals surface area contributed by atoms with Gasteiger partial charge in [0.15, 0.2) is 0 Å². The number of amides is 3. The molecular weight excluding hydrogens is 510 g/mol. The minimum Gasteiger partial charge on any atom is -0.467 e. The van der Waals surface area contributed by atoms with Crippen molar-refractivity contribution in [2.75, 3.05) is 13.7 Å². The Labute approximate surface area is 240 Å². The molecule has 0 aromatic heterocycles. The lowest BCUT2D eigenvalue weighted by molar-refractivity contribution is -0.148. The van der Waals surface area contributed by atoms with Gasteiger partial charge in [-0.15, -0.1) is 0 Å². The van der Waals surface area contributed by atoms with E-state index in [2.05, 4.69) is 24.5 Å². The average molecular weight is 564 g/mol. The molecule has 0 bridgehead atoms. The number of carbonyl (C=O) groups is 4. The molecule has 2 aliphatic heterocycles. The van der Waals surface area contributed by atoms with Crippen molar-refractivity contribution in [1.82, 2.24) is 15.5 Å². The molecule has 2 heterocycles. The molecule has 3 rings (SSSR count). The molecule has 0 spiro atoms. The van der Waals surface area contributed by atoms with Crippen LogP contribution < -0.4 is 10.6 Å². The van der Waals surface area contributed by atoms with E-state index in [1.165, 1.54) is 7.11 Å². The van der Waals surface area contributed by atoms with E-state index >= 15 is 0 Å². The number of nitrogens with one attached hydrogen (secondary N) is 2. The molecule has 3 amide bonds. The van der Waals surface area contributed by atoms with Crippen molar-refractivity contribution in [2.24, 2.45) is 22.7 Å². The SMILES string of the molecule is COC(=O)[C@@H]1CCCCCCCCCC(C)(C)C(NC(=O)OC(C)(C)C)C(=O)N2CC3[C@H](CC3(C)C)[C@H]2C(=O)N1. The number of alkyl carbamates (subject to hydrolysis) is 1. The maximum absolute atomic E-state index is 14.4. The van der Waals surface area contributed by atoms with Gasteiger partial charge in [-0.2, -0.15) is 0 Å². The van der Waals surface area contributed by atoms with Crippen LogP contribution >= 0.6 is 0 Å². The molecule has 228 valence electrons. The summed E-state index contributed by atoms with van der Waals surface area (Å²) in [7, 11) is 1.34. The third kappa shape index (κ3) is 7.69. The minimum absolute atomic E-state index is 0.000583. The molecule has 3 aliphatic rings. The van der Waals surface area contributed by atoms with Gasteiger partial charge in [-0.3, -0.25) is 9.59 Å². The Kier molecular flexibility index (Phi) is 10.2. The van der Waals surface area contributed by atoms with Crippen molar-refractivity contribution < 1.29 is 28.7 Å². The zero-order chi connectivity index (χ0) is 29.9. The number of carbonyl (C=O) groups excluding carboxylic acids is 4. The minimum atomic E-state index is -0.856. The Morgan fingerprint density at radius 1 is 0.950 bits per heavy atom. The summed E-state index contributed by atoms with van der Waals surface area (Å²) in [6.07, 6.45) is 8.51. The van der Waals surface area contributed by atoms with E-state index in [0.29, 0.717) is 13.0 Å². The molecule has 2 saturated heterocycles. The molecule has 0 radical (unpaired) electrons. The maximum Gasteiger partial charge on any atom is 0.408 e.